The van der Waals surface area contributed by atoms with E-state index in [0.717, 1.165) is 21.3 Å². The Morgan fingerprint density at radius 2 is 2.27 bits per heavy atom. The molecule has 2 N–H and O–H groups in total. The Kier molecular flexibility index (Phi) is 4.02. The highest BCUT2D eigenvalue weighted by molar-refractivity contribution is 7.16. The van der Waals surface area contributed by atoms with Crippen molar-refractivity contribution in [2.45, 2.75) is 32.3 Å². The van der Waals surface area contributed by atoms with Crippen LogP contribution in [0.4, 0.5) is 10.9 Å². The molecule has 116 valence electrons. The third kappa shape index (κ3) is 2.92. The first-order chi connectivity index (χ1) is 10.6. The molecule has 2 heterocycles. The quantitative estimate of drug-likeness (QED) is 0.906. The van der Waals surface area contributed by atoms with E-state index in [4.69, 9.17) is 4.74 Å². The van der Waals surface area contributed by atoms with Crippen molar-refractivity contribution in [3.8, 4) is 5.75 Å². The fraction of sp³-hybridized carbons (Fsp3) is 0.375. The van der Waals surface area contributed by atoms with Crippen molar-refractivity contribution in [1.82, 2.24) is 4.98 Å². The van der Waals surface area contributed by atoms with E-state index in [2.05, 4.69) is 15.6 Å². The van der Waals surface area contributed by atoms with Crippen molar-refractivity contribution in [3.63, 3.8) is 0 Å². The summed E-state index contributed by atoms with van der Waals surface area (Å²) >= 11 is 1.58. The van der Waals surface area contributed by atoms with E-state index >= 15 is 0 Å². The first kappa shape index (κ1) is 14.8. The van der Waals surface area contributed by atoms with Crippen molar-refractivity contribution in [1.29, 1.82) is 0 Å². The summed E-state index contributed by atoms with van der Waals surface area (Å²) in [6.07, 6.45) is 0.559. The Bertz CT molecular complexity index is 696. The lowest BCUT2D eigenvalue weighted by Crippen LogP contribution is -2.22. The molecule has 5 nitrogen and oxygen atoms in total. The van der Waals surface area contributed by atoms with Crippen LogP contribution in [0, 0.1) is 0 Å². The minimum Gasteiger partial charge on any atom is -0.491 e. The van der Waals surface area contributed by atoms with Gasteiger partial charge in [-0.05, 0) is 31.5 Å². The Balaban J connectivity index is 1.98. The second-order valence-electron chi connectivity index (χ2n) is 5.53. The van der Waals surface area contributed by atoms with Crippen LogP contribution in [0.1, 0.15) is 36.6 Å². The lowest BCUT2D eigenvalue weighted by Gasteiger charge is -2.22. The van der Waals surface area contributed by atoms with E-state index in [-0.39, 0.29) is 17.9 Å². The van der Waals surface area contributed by atoms with E-state index in [0.29, 0.717) is 12.2 Å². The highest BCUT2D eigenvalue weighted by Crippen LogP contribution is 2.42. The number of anilines is 2. The standard InChI is InChI=1S/C16H19N3O2S/c1-9(2)21-11-6-4-5-10(7-11)12-8-13(20)18-15-14(12)22-16(17-3)19-15/h4-7,9,12H,8H2,1-3H3,(H,17,19)(H,18,20)/t12-/m0/s1. The number of carbonyl (C=O) groups is 1. The van der Waals surface area contributed by atoms with Gasteiger partial charge in [0.15, 0.2) is 5.13 Å². The third-order valence-electron chi connectivity index (χ3n) is 3.46. The molecule has 0 aliphatic carbocycles. The molecular formula is C16H19N3O2S. The first-order valence-electron chi connectivity index (χ1n) is 7.31. The lowest BCUT2D eigenvalue weighted by molar-refractivity contribution is -0.116. The maximum atomic E-state index is 12.0. The minimum atomic E-state index is 0.000587. The highest BCUT2D eigenvalue weighted by Gasteiger charge is 2.30. The van der Waals surface area contributed by atoms with Crippen molar-refractivity contribution in [2.24, 2.45) is 0 Å². The van der Waals surface area contributed by atoms with Crippen LogP contribution in [-0.2, 0) is 4.79 Å². The second kappa shape index (κ2) is 5.96. The molecule has 1 aromatic carbocycles. The van der Waals surface area contributed by atoms with Gasteiger partial charge in [0.05, 0.1) is 11.0 Å². The van der Waals surface area contributed by atoms with Crippen LogP contribution in [0.3, 0.4) is 0 Å². The van der Waals surface area contributed by atoms with Gasteiger partial charge in [-0.3, -0.25) is 4.79 Å². The number of aromatic nitrogens is 1. The molecule has 0 unspecified atom stereocenters. The average Bonchev–Trinajstić information content (AvgIpc) is 2.88. The van der Waals surface area contributed by atoms with E-state index in [9.17, 15) is 4.79 Å². The summed E-state index contributed by atoms with van der Waals surface area (Å²) in [5, 5.41) is 6.70. The molecule has 1 amide bonds. The molecule has 6 heteroatoms. The van der Waals surface area contributed by atoms with Gasteiger partial charge in [0.1, 0.15) is 11.6 Å². The molecule has 0 saturated carbocycles. The summed E-state index contributed by atoms with van der Waals surface area (Å²) in [7, 11) is 1.83. The summed E-state index contributed by atoms with van der Waals surface area (Å²) in [6, 6.07) is 7.98. The van der Waals surface area contributed by atoms with Gasteiger partial charge >= 0.3 is 0 Å². The predicted octanol–water partition coefficient (Wildman–Crippen LogP) is 3.45. The summed E-state index contributed by atoms with van der Waals surface area (Å²) in [5.74, 6) is 1.53. The molecule has 0 saturated heterocycles. The molecule has 1 aromatic heterocycles. The van der Waals surface area contributed by atoms with Gasteiger partial charge < -0.3 is 15.4 Å². The summed E-state index contributed by atoms with van der Waals surface area (Å²) < 4.78 is 5.76. The van der Waals surface area contributed by atoms with Crippen LogP contribution in [0.25, 0.3) is 0 Å². The number of benzene rings is 1. The lowest BCUT2D eigenvalue weighted by atomic mass is 9.91. The zero-order valence-corrected chi connectivity index (χ0v) is 13.7. The molecule has 1 aliphatic heterocycles. The summed E-state index contributed by atoms with van der Waals surface area (Å²) in [4.78, 5) is 17.5. The topological polar surface area (TPSA) is 63.3 Å². The van der Waals surface area contributed by atoms with Crippen molar-refractivity contribution in [2.75, 3.05) is 17.7 Å². The van der Waals surface area contributed by atoms with Gasteiger partial charge in [-0.2, -0.15) is 0 Å². The molecule has 0 radical (unpaired) electrons. The second-order valence-corrected chi connectivity index (χ2v) is 6.56. The summed E-state index contributed by atoms with van der Waals surface area (Å²) in [5.41, 5.74) is 1.08. The van der Waals surface area contributed by atoms with Gasteiger partial charge in [-0.1, -0.05) is 23.5 Å². The van der Waals surface area contributed by atoms with Crippen molar-refractivity contribution in [3.05, 3.63) is 34.7 Å². The largest absolute Gasteiger partial charge is 0.491 e. The van der Waals surface area contributed by atoms with Crippen LogP contribution in [0.15, 0.2) is 24.3 Å². The van der Waals surface area contributed by atoms with Gasteiger partial charge in [-0.25, -0.2) is 4.98 Å². The van der Waals surface area contributed by atoms with Crippen LogP contribution in [0.2, 0.25) is 0 Å². The van der Waals surface area contributed by atoms with E-state index in [1.165, 1.54) is 0 Å². The average molecular weight is 317 g/mol. The van der Waals surface area contributed by atoms with Crippen LogP contribution >= 0.6 is 11.3 Å². The van der Waals surface area contributed by atoms with E-state index in [1.54, 1.807) is 11.3 Å². The highest BCUT2D eigenvalue weighted by atomic mass is 32.1. The minimum absolute atomic E-state index is 0.000587. The Morgan fingerprint density at radius 1 is 1.45 bits per heavy atom. The Labute approximate surface area is 133 Å². The van der Waals surface area contributed by atoms with Crippen molar-refractivity contribution >= 4 is 28.2 Å². The molecular weight excluding hydrogens is 298 g/mol. The number of carbonyl (C=O) groups excluding carboxylic acids is 1. The number of thiazole rings is 1. The Morgan fingerprint density at radius 3 is 3.00 bits per heavy atom. The van der Waals surface area contributed by atoms with E-state index in [1.807, 2.05) is 45.2 Å². The van der Waals surface area contributed by atoms with E-state index < -0.39 is 0 Å². The number of rotatable bonds is 4. The molecule has 2 aromatic rings. The number of amides is 1. The maximum absolute atomic E-state index is 12.0. The van der Waals surface area contributed by atoms with Gasteiger partial charge in [0.2, 0.25) is 5.91 Å². The zero-order chi connectivity index (χ0) is 15.7. The normalized spacial score (nSPS) is 17.1. The van der Waals surface area contributed by atoms with Crippen LogP contribution in [0.5, 0.6) is 5.75 Å². The number of ether oxygens (including phenoxy) is 1. The number of fused-ring (bicyclic) bond motifs is 1. The molecule has 0 spiro atoms. The zero-order valence-electron chi connectivity index (χ0n) is 12.8. The molecule has 0 fully saturated rings. The number of nitrogens with one attached hydrogen (secondary N) is 2. The number of nitrogens with zero attached hydrogens (tertiary/aromatic N) is 1. The first-order valence-corrected chi connectivity index (χ1v) is 8.13. The third-order valence-corrected chi connectivity index (χ3v) is 4.65. The Hall–Kier alpha value is -2.08. The molecule has 0 bridgehead atoms. The monoisotopic (exact) mass is 317 g/mol. The molecule has 22 heavy (non-hydrogen) atoms. The van der Waals surface area contributed by atoms with Crippen LogP contribution in [-0.4, -0.2) is 24.0 Å². The fourth-order valence-corrected chi connectivity index (χ4v) is 3.57. The molecule has 1 aliphatic rings. The van der Waals surface area contributed by atoms with Crippen LogP contribution < -0.4 is 15.4 Å². The van der Waals surface area contributed by atoms with Gasteiger partial charge in [-0.15, -0.1) is 0 Å². The number of hydrogen-bond acceptors (Lipinski definition) is 5. The predicted molar refractivity (Wildman–Crippen MR) is 89.0 cm³/mol. The van der Waals surface area contributed by atoms with Gasteiger partial charge in [0, 0.05) is 19.4 Å². The fourth-order valence-electron chi connectivity index (χ4n) is 2.57. The smallest absolute Gasteiger partial charge is 0.226 e. The number of hydrogen-bond donors (Lipinski definition) is 2. The molecule has 3 rings (SSSR count). The molecule has 1 atom stereocenters. The summed E-state index contributed by atoms with van der Waals surface area (Å²) in [6.45, 7) is 4.00. The van der Waals surface area contributed by atoms with Gasteiger partial charge in [0.25, 0.3) is 0 Å². The van der Waals surface area contributed by atoms with Crippen molar-refractivity contribution < 1.29 is 9.53 Å². The maximum Gasteiger partial charge on any atom is 0.226 e. The SMILES string of the molecule is CNc1nc2c(s1)[C@H](c1cccc(OC(C)C)c1)CC(=O)N2.